The molecule has 0 unspecified atom stereocenters. The Balaban J connectivity index is 2.86. The van der Waals surface area contributed by atoms with Gasteiger partial charge < -0.3 is 9.84 Å². The Morgan fingerprint density at radius 3 is 2.70 bits per heavy atom. The minimum Gasteiger partial charge on any atom is -0.506 e. The van der Waals surface area contributed by atoms with Crippen molar-refractivity contribution < 1.29 is 23.1 Å². The molecule has 0 bridgehead atoms. The first-order chi connectivity index (χ1) is 9.39. The Bertz CT molecular complexity index is 573. The third kappa shape index (κ3) is 4.90. The molecule has 0 aliphatic carbocycles. The monoisotopic (exact) mass is 321 g/mol. The van der Waals surface area contributed by atoms with E-state index in [0.717, 1.165) is 6.07 Å². The van der Waals surface area contributed by atoms with E-state index in [1.807, 2.05) is 0 Å². The van der Waals surface area contributed by atoms with Crippen molar-refractivity contribution in [2.24, 2.45) is 0 Å². The quantitative estimate of drug-likeness (QED) is 0.455. The lowest BCUT2D eigenvalue weighted by molar-refractivity contribution is 0.0526. The van der Waals surface area contributed by atoms with Gasteiger partial charge in [-0.25, -0.2) is 13.2 Å². The van der Waals surface area contributed by atoms with Crippen molar-refractivity contribution in [2.45, 2.75) is 13.3 Å². The van der Waals surface area contributed by atoms with Gasteiger partial charge in [0.2, 0.25) is 10.0 Å². The summed E-state index contributed by atoms with van der Waals surface area (Å²) in [6, 6.07) is 3.83. The highest BCUT2D eigenvalue weighted by molar-refractivity contribution is 7.92. The number of carbonyl (C=O) groups excluding carboxylic acids is 1. The van der Waals surface area contributed by atoms with Crippen LogP contribution < -0.4 is 4.72 Å². The third-order valence-electron chi connectivity index (χ3n) is 2.32. The van der Waals surface area contributed by atoms with Gasteiger partial charge in [0.1, 0.15) is 5.75 Å². The smallest absolute Gasteiger partial charge is 0.338 e. The SMILES string of the molecule is CCOC(=O)c1ccc(NS(=O)(=O)CCCCl)c(O)c1. The molecule has 0 fully saturated rings. The molecule has 0 radical (unpaired) electrons. The van der Waals surface area contributed by atoms with Crippen LogP contribution in [-0.2, 0) is 14.8 Å². The molecule has 0 heterocycles. The molecule has 112 valence electrons. The van der Waals surface area contributed by atoms with Crippen LogP contribution in [-0.4, -0.2) is 37.7 Å². The predicted molar refractivity (Wildman–Crippen MR) is 76.8 cm³/mol. The highest BCUT2D eigenvalue weighted by atomic mass is 35.5. The second-order valence-electron chi connectivity index (χ2n) is 3.92. The fourth-order valence-corrected chi connectivity index (χ4v) is 2.85. The highest BCUT2D eigenvalue weighted by Gasteiger charge is 2.15. The van der Waals surface area contributed by atoms with Crippen LogP contribution in [0.3, 0.4) is 0 Å². The topological polar surface area (TPSA) is 92.7 Å². The van der Waals surface area contributed by atoms with Gasteiger partial charge in [0.25, 0.3) is 0 Å². The molecular weight excluding hydrogens is 306 g/mol. The van der Waals surface area contributed by atoms with E-state index in [9.17, 15) is 18.3 Å². The number of anilines is 1. The van der Waals surface area contributed by atoms with E-state index in [1.54, 1.807) is 6.92 Å². The molecule has 1 rings (SSSR count). The van der Waals surface area contributed by atoms with E-state index in [4.69, 9.17) is 16.3 Å². The summed E-state index contributed by atoms with van der Waals surface area (Å²) >= 11 is 5.43. The summed E-state index contributed by atoms with van der Waals surface area (Å²) in [4.78, 5) is 11.4. The van der Waals surface area contributed by atoms with Gasteiger partial charge in [-0.3, -0.25) is 4.72 Å². The molecule has 2 N–H and O–H groups in total. The average Bonchev–Trinajstić information content (AvgIpc) is 2.39. The molecule has 20 heavy (non-hydrogen) atoms. The molecular formula is C12H16ClNO5S. The number of aromatic hydroxyl groups is 1. The van der Waals surface area contributed by atoms with E-state index in [2.05, 4.69) is 4.72 Å². The summed E-state index contributed by atoms with van der Waals surface area (Å²) in [5.41, 5.74) is 0.153. The van der Waals surface area contributed by atoms with Crippen molar-refractivity contribution in [1.29, 1.82) is 0 Å². The third-order valence-corrected chi connectivity index (χ3v) is 3.95. The van der Waals surface area contributed by atoms with E-state index in [1.165, 1.54) is 12.1 Å². The molecule has 0 saturated heterocycles. The minimum absolute atomic E-state index is 0.00706. The highest BCUT2D eigenvalue weighted by Crippen LogP contribution is 2.25. The summed E-state index contributed by atoms with van der Waals surface area (Å²) in [5, 5.41) is 9.74. The van der Waals surface area contributed by atoms with E-state index in [0.29, 0.717) is 6.42 Å². The number of sulfonamides is 1. The van der Waals surface area contributed by atoms with Gasteiger partial charge in [-0.2, -0.15) is 0 Å². The molecule has 0 saturated carbocycles. The Hall–Kier alpha value is -1.47. The summed E-state index contributed by atoms with van der Waals surface area (Å²) in [6.45, 7) is 1.88. The number of carbonyl (C=O) groups is 1. The lowest BCUT2D eigenvalue weighted by Crippen LogP contribution is -2.17. The van der Waals surface area contributed by atoms with Crippen LogP contribution in [0.1, 0.15) is 23.7 Å². The first kappa shape index (κ1) is 16.6. The maximum absolute atomic E-state index is 11.7. The van der Waals surface area contributed by atoms with Gasteiger partial charge in [0.15, 0.2) is 0 Å². The number of esters is 1. The number of ether oxygens (including phenoxy) is 1. The molecule has 0 atom stereocenters. The number of nitrogens with one attached hydrogen (secondary N) is 1. The summed E-state index contributed by atoms with van der Waals surface area (Å²) in [5.74, 6) is -0.839. The van der Waals surface area contributed by atoms with Gasteiger partial charge >= 0.3 is 5.97 Å². The standard InChI is InChI=1S/C12H16ClNO5S/c1-2-19-12(16)9-4-5-10(11(15)8-9)14-20(17,18)7-3-6-13/h4-5,8,14-15H,2-3,6-7H2,1H3. The van der Waals surface area contributed by atoms with Crippen LogP contribution in [0, 0.1) is 0 Å². The van der Waals surface area contributed by atoms with Crippen molar-refractivity contribution in [3.8, 4) is 5.75 Å². The first-order valence-corrected chi connectivity index (χ1v) is 8.15. The number of hydrogen-bond donors (Lipinski definition) is 2. The fourth-order valence-electron chi connectivity index (χ4n) is 1.42. The zero-order valence-electron chi connectivity index (χ0n) is 10.9. The van der Waals surface area contributed by atoms with Gasteiger partial charge in [-0.05, 0) is 31.5 Å². The molecule has 1 aromatic rings. The molecule has 0 aromatic heterocycles. The Morgan fingerprint density at radius 1 is 1.45 bits per heavy atom. The Labute approximate surface area is 122 Å². The number of phenols is 1. The van der Waals surface area contributed by atoms with Crippen LogP contribution in [0.25, 0.3) is 0 Å². The van der Waals surface area contributed by atoms with Gasteiger partial charge in [-0.15, -0.1) is 11.6 Å². The van der Waals surface area contributed by atoms with Gasteiger partial charge in [0.05, 0.1) is 23.6 Å². The maximum atomic E-state index is 11.7. The van der Waals surface area contributed by atoms with E-state index >= 15 is 0 Å². The number of rotatable bonds is 7. The number of phenolic OH excluding ortho intramolecular Hbond substituents is 1. The van der Waals surface area contributed by atoms with Crippen LogP contribution in [0.4, 0.5) is 5.69 Å². The van der Waals surface area contributed by atoms with E-state index < -0.39 is 16.0 Å². The zero-order valence-corrected chi connectivity index (χ0v) is 12.5. The summed E-state index contributed by atoms with van der Waals surface area (Å²) < 4.78 is 30.3. The molecule has 0 aliphatic rings. The molecule has 0 spiro atoms. The Morgan fingerprint density at radius 2 is 2.15 bits per heavy atom. The molecule has 1 aromatic carbocycles. The Kier molecular flexibility index (Phi) is 6.09. The van der Waals surface area contributed by atoms with Crippen LogP contribution >= 0.6 is 11.6 Å². The summed E-state index contributed by atoms with van der Waals surface area (Å²) in [7, 11) is -3.57. The fraction of sp³-hybridized carbons (Fsp3) is 0.417. The predicted octanol–water partition coefficient (Wildman–Crippen LogP) is 1.94. The molecule has 6 nitrogen and oxygen atoms in total. The largest absolute Gasteiger partial charge is 0.506 e. The van der Waals surface area contributed by atoms with Crippen LogP contribution in [0.2, 0.25) is 0 Å². The van der Waals surface area contributed by atoms with Crippen molar-refractivity contribution >= 4 is 33.3 Å². The number of halogens is 1. The maximum Gasteiger partial charge on any atom is 0.338 e. The normalized spacial score (nSPS) is 11.1. The average molecular weight is 322 g/mol. The lowest BCUT2D eigenvalue weighted by Gasteiger charge is -2.10. The molecule has 0 amide bonds. The van der Waals surface area contributed by atoms with Crippen LogP contribution in [0.5, 0.6) is 5.75 Å². The van der Waals surface area contributed by atoms with Gasteiger partial charge in [0, 0.05) is 5.88 Å². The van der Waals surface area contributed by atoms with Crippen LogP contribution in [0.15, 0.2) is 18.2 Å². The second kappa shape index (κ2) is 7.35. The van der Waals surface area contributed by atoms with Crippen molar-refractivity contribution in [2.75, 3.05) is 23.0 Å². The second-order valence-corrected chi connectivity index (χ2v) is 6.14. The molecule has 0 aliphatic heterocycles. The zero-order chi connectivity index (χ0) is 15.2. The summed E-state index contributed by atoms with van der Waals surface area (Å²) in [6.07, 6.45) is 0.304. The number of alkyl halides is 1. The van der Waals surface area contributed by atoms with E-state index in [-0.39, 0.29) is 35.2 Å². The lowest BCUT2D eigenvalue weighted by atomic mass is 10.2. The first-order valence-electron chi connectivity index (χ1n) is 5.96. The number of benzene rings is 1. The van der Waals surface area contributed by atoms with Crippen molar-refractivity contribution in [3.63, 3.8) is 0 Å². The number of hydrogen-bond acceptors (Lipinski definition) is 5. The minimum atomic E-state index is -3.57. The van der Waals surface area contributed by atoms with Crippen molar-refractivity contribution in [1.82, 2.24) is 0 Å². The van der Waals surface area contributed by atoms with Crippen molar-refractivity contribution in [3.05, 3.63) is 23.8 Å². The molecule has 8 heteroatoms. The van der Waals surface area contributed by atoms with Gasteiger partial charge in [-0.1, -0.05) is 0 Å².